The van der Waals surface area contributed by atoms with E-state index in [9.17, 15) is 4.79 Å². The lowest BCUT2D eigenvalue weighted by molar-refractivity contribution is 0.0951. The van der Waals surface area contributed by atoms with Gasteiger partial charge in [0, 0.05) is 24.3 Å². The van der Waals surface area contributed by atoms with Crippen LogP contribution in [0.2, 0.25) is 0 Å². The highest BCUT2D eigenvalue weighted by Gasteiger charge is 2.21. The normalized spacial score (nSPS) is 11.8. The summed E-state index contributed by atoms with van der Waals surface area (Å²) in [5, 5.41) is 11.0. The molecule has 28 heavy (non-hydrogen) atoms. The van der Waals surface area contributed by atoms with Crippen molar-refractivity contribution in [1.82, 2.24) is 20.4 Å². The van der Waals surface area contributed by atoms with E-state index < -0.39 is 0 Å². The first-order chi connectivity index (χ1) is 13.6. The molecule has 0 unspecified atom stereocenters. The van der Waals surface area contributed by atoms with E-state index >= 15 is 0 Å². The summed E-state index contributed by atoms with van der Waals surface area (Å²) in [6, 6.07) is 17.5. The highest BCUT2D eigenvalue weighted by Crippen LogP contribution is 2.31. The number of benzene rings is 2. The molecule has 2 N–H and O–H groups in total. The van der Waals surface area contributed by atoms with Crippen LogP contribution in [0.4, 0.5) is 0 Å². The average molecular weight is 378 g/mol. The first-order valence-corrected chi connectivity index (χ1v) is 9.44. The highest BCUT2D eigenvalue weighted by molar-refractivity contribution is 6.00. The number of aromatic nitrogens is 2. The number of nitrogens with zero attached hydrogens (tertiary/aromatic N) is 2. The second kappa shape index (κ2) is 9.19. The molecule has 0 aliphatic rings. The molecule has 1 atom stereocenters. The minimum atomic E-state index is -0.159. The van der Waals surface area contributed by atoms with Crippen molar-refractivity contribution in [3.63, 3.8) is 0 Å². The molecular weight excluding hydrogens is 352 g/mol. The van der Waals surface area contributed by atoms with Crippen molar-refractivity contribution < 1.29 is 9.53 Å². The first kappa shape index (κ1) is 19.6. The molecule has 1 aromatic heterocycles. The number of hydrogen-bond acceptors (Lipinski definition) is 4. The molecular formula is C22H26N4O2. The molecule has 0 fully saturated rings. The van der Waals surface area contributed by atoms with E-state index in [0.29, 0.717) is 23.6 Å². The molecule has 6 nitrogen and oxygen atoms in total. The largest absolute Gasteiger partial charge is 0.496 e. The van der Waals surface area contributed by atoms with Crippen LogP contribution in [0.3, 0.4) is 0 Å². The van der Waals surface area contributed by atoms with Gasteiger partial charge in [0.1, 0.15) is 11.4 Å². The fourth-order valence-corrected chi connectivity index (χ4v) is 3.05. The Balaban J connectivity index is 1.99. The number of likely N-dealkylation sites (N-methyl/N-ethyl adjacent to an activating group) is 1. The summed E-state index contributed by atoms with van der Waals surface area (Å²) in [5.74, 6) is 0.517. The summed E-state index contributed by atoms with van der Waals surface area (Å²) in [7, 11) is 1.62. The van der Waals surface area contributed by atoms with Gasteiger partial charge in [0.25, 0.3) is 5.91 Å². The zero-order valence-corrected chi connectivity index (χ0v) is 16.5. The third kappa shape index (κ3) is 4.40. The SMILES string of the molecule is CCN[C@H](C)CNC(=O)c1cn(-c2ccccc2)nc1-c1ccccc1OC. The van der Waals surface area contributed by atoms with Crippen LogP contribution in [0, 0.1) is 0 Å². The number of para-hydroxylation sites is 2. The van der Waals surface area contributed by atoms with Crippen LogP contribution in [0.5, 0.6) is 5.75 Å². The quantitative estimate of drug-likeness (QED) is 0.631. The van der Waals surface area contributed by atoms with Crippen LogP contribution < -0.4 is 15.4 Å². The van der Waals surface area contributed by atoms with Crippen LogP contribution >= 0.6 is 0 Å². The van der Waals surface area contributed by atoms with E-state index in [2.05, 4.69) is 10.6 Å². The highest BCUT2D eigenvalue weighted by atomic mass is 16.5. The number of carbonyl (C=O) groups is 1. The topological polar surface area (TPSA) is 68.2 Å². The minimum Gasteiger partial charge on any atom is -0.496 e. The zero-order valence-electron chi connectivity index (χ0n) is 16.5. The standard InChI is InChI=1S/C22H26N4O2/c1-4-23-16(2)14-24-22(27)19-15-26(17-10-6-5-7-11-17)25-21(19)18-12-8-9-13-20(18)28-3/h5-13,15-16,23H,4,14H2,1-3H3,(H,24,27)/t16-/m1/s1. The molecule has 0 aliphatic heterocycles. The smallest absolute Gasteiger partial charge is 0.255 e. The molecule has 0 saturated carbocycles. The predicted octanol–water partition coefficient (Wildman–Crippen LogP) is 3.28. The van der Waals surface area contributed by atoms with Crippen LogP contribution in [-0.4, -0.2) is 41.9 Å². The maximum Gasteiger partial charge on any atom is 0.255 e. The van der Waals surface area contributed by atoms with Gasteiger partial charge in [-0.1, -0.05) is 37.3 Å². The Hall–Kier alpha value is -3.12. The van der Waals surface area contributed by atoms with E-state index in [4.69, 9.17) is 9.84 Å². The number of amides is 1. The summed E-state index contributed by atoms with van der Waals surface area (Å²) >= 11 is 0. The van der Waals surface area contributed by atoms with Gasteiger partial charge >= 0.3 is 0 Å². The van der Waals surface area contributed by atoms with Gasteiger partial charge in [-0.05, 0) is 37.7 Å². The summed E-state index contributed by atoms with van der Waals surface area (Å²) in [6.45, 7) is 5.48. The van der Waals surface area contributed by atoms with Crippen molar-refractivity contribution in [3.8, 4) is 22.7 Å². The van der Waals surface area contributed by atoms with Gasteiger partial charge < -0.3 is 15.4 Å². The number of carbonyl (C=O) groups excluding carboxylic acids is 1. The van der Waals surface area contributed by atoms with Crippen molar-refractivity contribution in [1.29, 1.82) is 0 Å². The van der Waals surface area contributed by atoms with Gasteiger partial charge in [-0.3, -0.25) is 4.79 Å². The fraction of sp³-hybridized carbons (Fsp3) is 0.273. The Morgan fingerprint density at radius 3 is 2.57 bits per heavy atom. The van der Waals surface area contributed by atoms with Crippen LogP contribution in [0.1, 0.15) is 24.2 Å². The molecule has 0 radical (unpaired) electrons. The third-order valence-electron chi connectivity index (χ3n) is 4.46. The second-order valence-corrected chi connectivity index (χ2v) is 6.54. The molecule has 146 valence electrons. The van der Waals surface area contributed by atoms with Crippen molar-refractivity contribution >= 4 is 5.91 Å². The molecule has 2 aromatic carbocycles. The lowest BCUT2D eigenvalue weighted by atomic mass is 10.1. The van der Waals surface area contributed by atoms with Gasteiger partial charge in [-0.25, -0.2) is 4.68 Å². The lowest BCUT2D eigenvalue weighted by Crippen LogP contribution is -2.38. The monoisotopic (exact) mass is 378 g/mol. The van der Waals surface area contributed by atoms with Gasteiger partial charge in [-0.15, -0.1) is 0 Å². The first-order valence-electron chi connectivity index (χ1n) is 9.44. The van der Waals surface area contributed by atoms with E-state index in [1.807, 2.05) is 68.4 Å². The molecule has 6 heteroatoms. The maximum atomic E-state index is 13.0. The summed E-state index contributed by atoms with van der Waals surface area (Å²) in [4.78, 5) is 13.0. The average Bonchev–Trinajstić information content (AvgIpc) is 3.18. The number of ether oxygens (including phenoxy) is 1. The summed E-state index contributed by atoms with van der Waals surface area (Å²) < 4.78 is 7.22. The molecule has 1 amide bonds. The zero-order chi connectivity index (χ0) is 19.9. The Morgan fingerprint density at radius 1 is 1.14 bits per heavy atom. The van der Waals surface area contributed by atoms with Crippen molar-refractivity contribution in [2.75, 3.05) is 20.2 Å². The van der Waals surface area contributed by atoms with Crippen LogP contribution in [-0.2, 0) is 0 Å². The van der Waals surface area contributed by atoms with Gasteiger partial charge in [0.2, 0.25) is 0 Å². The molecule has 3 rings (SSSR count). The third-order valence-corrected chi connectivity index (χ3v) is 4.46. The van der Waals surface area contributed by atoms with E-state index in [-0.39, 0.29) is 11.9 Å². The van der Waals surface area contributed by atoms with Crippen molar-refractivity contribution in [3.05, 3.63) is 66.4 Å². The number of methoxy groups -OCH3 is 1. The summed E-state index contributed by atoms with van der Waals surface area (Å²) in [5.41, 5.74) is 2.77. The lowest BCUT2D eigenvalue weighted by Gasteiger charge is -2.13. The van der Waals surface area contributed by atoms with Crippen molar-refractivity contribution in [2.45, 2.75) is 19.9 Å². The van der Waals surface area contributed by atoms with Gasteiger partial charge in [0.15, 0.2) is 0 Å². The Kier molecular flexibility index (Phi) is 6.45. The molecule has 0 spiro atoms. The Morgan fingerprint density at radius 2 is 1.86 bits per heavy atom. The number of rotatable bonds is 8. The van der Waals surface area contributed by atoms with E-state index in [1.54, 1.807) is 18.0 Å². The Labute approximate surface area is 165 Å². The molecule has 0 bridgehead atoms. The molecule has 3 aromatic rings. The maximum absolute atomic E-state index is 13.0. The Bertz CT molecular complexity index is 921. The number of nitrogens with one attached hydrogen (secondary N) is 2. The van der Waals surface area contributed by atoms with Gasteiger partial charge in [0.05, 0.1) is 18.4 Å². The molecule has 0 saturated heterocycles. The molecule has 1 heterocycles. The van der Waals surface area contributed by atoms with Gasteiger partial charge in [-0.2, -0.15) is 5.10 Å². The number of hydrogen-bond donors (Lipinski definition) is 2. The van der Waals surface area contributed by atoms with Crippen LogP contribution in [0.15, 0.2) is 60.8 Å². The second-order valence-electron chi connectivity index (χ2n) is 6.54. The fourth-order valence-electron chi connectivity index (χ4n) is 3.05. The summed E-state index contributed by atoms with van der Waals surface area (Å²) in [6.07, 6.45) is 1.77. The van der Waals surface area contributed by atoms with Crippen LogP contribution in [0.25, 0.3) is 16.9 Å². The van der Waals surface area contributed by atoms with Crippen molar-refractivity contribution in [2.24, 2.45) is 0 Å². The van der Waals surface area contributed by atoms with E-state index in [0.717, 1.165) is 17.8 Å². The minimum absolute atomic E-state index is 0.159. The molecule has 0 aliphatic carbocycles. The predicted molar refractivity (Wildman–Crippen MR) is 111 cm³/mol. The van der Waals surface area contributed by atoms with E-state index in [1.165, 1.54) is 0 Å².